The predicted octanol–water partition coefficient (Wildman–Crippen LogP) is 2.14. The average molecular weight is 145 g/mol. The van der Waals surface area contributed by atoms with Gasteiger partial charge in [-0.25, -0.2) is 4.72 Å². The highest BCUT2D eigenvalue weighted by Gasteiger charge is 2.17. The quantitative estimate of drug-likeness (QED) is 0.600. The van der Waals surface area contributed by atoms with E-state index in [-0.39, 0.29) is 6.54 Å². The smallest absolute Gasteiger partial charge is 0.202 e. The molecule has 0 rings (SSSR count). The second-order valence-corrected chi connectivity index (χ2v) is 2.15. The van der Waals surface area contributed by atoms with Crippen LogP contribution < -0.4 is 4.72 Å². The lowest BCUT2D eigenvalue weighted by atomic mass is 10.7. The molecule has 0 aliphatic carbocycles. The van der Waals surface area contributed by atoms with Gasteiger partial charge in [0.25, 0.3) is 11.4 Å². The fraction of sp³-hybridized carbons (Fsp3) is 0.333. The third-order valence-electron chi connectivity index (χ3n) is 0.391. The van der Waals surface area contributed by atoms with Crippen LogP contribution >= 0.6 is 11.4 Å². The van der Waals surface area contributed by atoms with E-state index in [1.807, 2.05) is 0 Å². The molecule has 5 heteroatoms. The summed E-state index contributed by atoms with van der Waals surface area (Å²) in [6.07, 6.45) is 1.17. The number of halogens is 3. The van der Waals surface area contributed by atoms with Gasteiger partial charge in [0.2, 0.25) is 0 Å². The van der Waals surface area contributed by atoms with E-state index in [0.717, 1.165) is 0 Å². The first-order valence-electron chi connectivity index (χ1n) is 1.84. The van der Waals surface area contributed by atoms with Crippen LogP contribution in [-0.4, -0.2) is 6.54 Å². The normalized spacial score (nSPS) is 13.4. The van der Waals surface area contributed by atoms with Crippen molar-refractivity contribution >= 4 is 11.4 Å². The van der Waals surface area contributed by atoms with E-state index < -0.39 is 11.4 Å². The van der Waals surface area contributed by atoms with E-state index in [4.69, 9.17) is 0 Å². The molecule has 1 N–H and O–H groups in total. The number of nitrogens with one attached hydrogen (secondary N) is 1. The molecule has 8 heavy (non-hydrogen) atoms. The minimum atomic E-state index is -5.01. The molecule has 0 fully saturated rings. The standard InChI is InChI=1S/C3H6F3NS/c1-2-3-7-8(4,5)6/h2,7H,1,3H2. The van der Waals surface area contributed by atoms with Crippen molar-refractivity contribution in [3.05, 3.63) is 12.7 Å². The second-order valence-electron chi connectivity index (χ2n) is 1.04. The van der Waals surface area contributed by atoms with E-state index in [1.54, 1.807) is 0 Å². The van der Waals surface area contributed by atoms with Crippen LogP contribution in [0.2, 0.25) is 0 Å². The number of rotatable bonds is 3. The molecule has 0 aromatic rings. The molecule has 0 aliphatic rings. The van der Waals surface area contributed by atoms with Gasteiger partial charge >= 0.3 is 0 Å². The Labute approximate surface area is 47.9 Å². The summed E-state index contributed by atoms with van der Waals surface area (Å²) in [6, 6.07) is 0. The Balaban J connectivity index is 3.24. The van der Waals surface area contributed by atoms with Crippen molar-refractivity contribution < 1.29 is 11.7 Å². The molecule has 0 saturated heterocycles. The van der Waals surface area contributed by atoms with Gasteiger partial charge in [0, 0.05) is 6.54 Å². The Hall–Kier alpha value is -0.160. The van der Waals surface area contributed by atoms with Crippen molar-refractivity contribution in [2.24, 2.45) is 0 Å². The van der Waals surface area contributed by atoms with E-state index in [0.29, 0.717) is 0 Å². The molecule has 50 valence electrons. The highest BCUT2D eigenvalue weighted by atomic mass is 32.3. The summed E-state index contributed by atoms with van der Waals surface area (Å²) >= 11 is -5.01. The van der Waals surface area contributed by atoms with Crippen molar-refractivity contribution in [2.45, 2.75) is 0 Å². The zero-order valence-corrected chi connectivity index (χ0v) is 4.85. The fourth-order valence-electron chi connectivity index (χ4n) is 0.153. The van der Waals surface area contributed by atoms with Crippen LogP contribution in [0, 0.1) is 0 Å². The molecule has 0 aromatic heterocycles. The first kappa shape index (κ1) is 7.84. The lowest BCUT2D eigenvalue weighted by Crippen LogP contribution is -2.08. The summed E-state index contributed by atoms with van der Waals surface area (Å²) in [4.78, 5) is 0. The number of hydrogen-bond acceptors (Lipinski definition) is 1. The van der Waals surface area contributed by atoms with Crippen LogP contribution in [-0.2, 0) is 0 Å². The lowest BCUT2D eigenvalue weighted by molar-refractivity contribution is 0.609. The maximum atomic E-state index is 11.2. The van der Waals surface area contributed by atoms with Crippen molar-refractivity contribution in [1.82, 2.24) is 4.72 Å². The lowest BCUT2D eigenvalue weighted by Gasteiger charge is -2.07. The molecular weight excluding hydrogens is 139 g/mol. The van der Waals surface area contributed by atoms with E-state index >= 15 is 0 Å². The van der Waals surface area contributed by atoms with E-state index in [9.17, 15) is 11.7 Å². The third-order valence-corrected chi connectivity index (χ3v) is 0.885. The van der Waals surface area contributed by atoms with Gasteiger partial charge in [-0.1, -0.05) is 6.08 Å². The van der Waals surface area contributed by atoms with Gasteiger partial charge in [-0.3, -0.25) is 0 Å². The Morgan fingerprint density at radius 1 is 1.50 bits per heavy atom. The zero-order valence-electron chi connectivity index (χ0n) is 4.03. The largest absolute Gasteiger partial charge is 0.275 e. The molecule has 0 amide bonds. The van der Waals surface area contributed by atoms with Gasteiger partial charge in [-0.05, 0) is 0 Å². The Morgan fingerprint density at radius 2 is 2.00 bits per heavy atom. The van der Waals surface area contributed by atoms with Crippen LogP contribution in [0.15, 0.2) is 12.7 Å². The average Bonchev–Trinajstić information content (AvgIpc) is 1.59. The highest BCUT2D eigenvalue weighted by Crippen LogP contribution is 2.48. The highest BCUT2D eigenvalue weighted by molar-refractivity contribution is 8.19. The van der Waals surface area contributed by atoms with Crippen molar-refractivity contribution in [3.8, 4) is 0 Å². The predicted molar refractivity (Wildman–Crippen MR) is 29.1 cm³/mol. The minimum Gasteiger partial charge on any atom is -0.202 e. The van der Waals surface area contributed by atoms with Crippen molar-refractivity contribution in [1.29, 1.82) is 0 Å². The molecule has 0 radical (unpaired) electrons. The molecule has 0 bridgehead atoms. The Bertz CT molecular complexity index is 79.1. The van der Waals surface area contributed by atoms with Crippen LogP contribution in [0.4, 0.5) is 11.7 Å². The van der Waals surface area contributed by atoms with Gasteiger partial charge in [-0.15, -0.1) is 18.2 Å². The van der Waals surface area contributed by atoms with Gasteiger partial charge in [0.1, 0.15) is 0 Å². The van der Waals surface area contributed by atoms with Gasteiger partial charge < -0.3 is 0 Å². The van der Waals surface area contributed by atoms with Crippen LogP contribution in [0.5, 0.6) is 0 Å². The Morgan fingerprint density at radius 3 is 2.12 bits per heavy atom. The summed E-state index contributed by atoms with van der Waals surface area (Å²) in [7, 11) is 0. The molecule has 0 spiro atoms. The SMILES string of the molecule is C=CCNS(F)(F)F. The molecule has 0 saturated carbocycles. The third kappa shape index (κ3) is 5.84. The van der Waals surface area contributed by atoms with Crippen molar-refractivity contribution in [3.63, 3.8) is 0 Å². The van der Waals surface area contributed by atoms with Gasteiger partial charge in [0.15, 0.2) is 0 Å². The zero-order chi connectivity index (χ0) is 6.62. The molecular formula is C3H6F3NS. The van der Waals surface area contributed by atoms with Gasteiger partial charge in [-0.2, -0.15) is 0 Å². The van der Waals surface area contributed by atoms with Gasteiger partial charge in [0.05, 0.1) is 0 Å². The summed E-state index contributed by atoms with van der Waals surface area (Å²) in [6.45, 7) is 2.92. The molecule has 0 aromatic carbocycles. The minimum absolute atomic E-state index is 0.196. The maximum absolute atomic E-state index is 11.2. The topological polar surface area (TPSA) is 12.0 Å². The monoisotopic (exact) mass is 145 g/mol. The summed E-state index contributed by atoms with van der Waals surface area (Å²) in [5.74, 6) is 0. The number of hydrogen-bond donors (Lipinski definition) is 1. The molecule has 1 nitrogen and oxygen atoms in total. The van der Waals surface area contributed by atoms with Crippen LogP contribution in [0.3, 0.4) is 0 Å². The second kappa shape index (κ2) is 2.99. The molecule has 0 atom stereocenters. The summed E-state index contributed by atoms with van der Waals surface area (Å²) < 4.78 is 34.8. The Kier molecular flexibility index (Phi) is 2.93. The molecule has 0 unspecified atom stereocenters. The summed E-state index contributed by atoms with van der Waals surface area (Å²) in [5.41, 5.74) is 0. The van der Waals surface area contributed by atoms with Crippen molar-refractivity contribution in [2.75, 3.05) is 6.54 Å². The first-order chi connectivity index (χ1) is 3.56. The van der Waals surface area contributed by atoms with Crippen LogP contribution in [0.25, 0.3) is 0 Å². The van der Waals surface area contributed by atoms with E-state index in [1.165, 1.54) is 10.8 Å². The van der Waals surface area contributed by atoms with E-state index in [2.05, 4.69) is 6.58 Å². The molecule has 0 aliphatic heterocycles. The first-order valence-corrected chi connectivity index (χ1v) is 3.17. The molecule has 0 heterocycles. The van der Waals surface area contributed by atoms with Crippen LogP contribution in [0.1, 0.15) is 0 Å². The summed E-state index contributed by atoms with van der Waals surface area (Å²) in [5, 5.41) is 0. The maximum Gasteiger partial charge on any atom is 0.275 e. The fourth-order valence-corrected chi connectivity index (χ4v) is 0.460.